The second-order valence-corrected chi connectivity index (χ2v) is 8.49. The lowest BCUT2D eigenvalue weighted by Gasteiger charge is -2.28. The third kappa shape index (κ3) is 4.24. The van der Waals surface area contributed by atoms with E-state index in [4.69, 9.17) is 11.6 Å². The van der Waals surface area contributed by atoms with Crippen LogP contribution in [0.25, 0.3) is 0 Å². The Morgan fingerprint density at radius 2 is 2.17 bits per heavy atom. The second kappa shape index (κ2) is 7.48. The van der Waals surface area contributed by atoms with Gasteiger partial charge in [-0.2, -0.15) is 0 Å². The van der Waals surface area contributed by atoms with E-state index in [1.165, 1.54) is 17.0 Å². The van der Waals surface area contributed by atoms with Gasteiger partial charge in [-0.15, -0.1) is 0 Å². The van der Waals surface area contributed by atoms with Gasteiger partial charge in [0.25, 0.3) is 11.6 Å². The number of rotatable bonds is 6. The molecule has 1 heterocycles. The first-order chi connectivity index (χ1) is 11.2. The van der Waals surface area contributed by atoms with E-state index in [0.717, 1.165) is 12.5 Å². The van der Waals surface area contributed by atoms with Gasteiger partial charge >= 0.3 is 0 Å². The zero-order valence-corrected chi connectivity index (χ0v) is 14.8. The maximum absolute atomic E-state index is 12.9. The highest BCUT2D eigenvalue weighted by atomic mass is 35.5. The number of carbonyl (C=O) groups excluding carboxylic acids is 1. The van der Waals surface area contributed by atoms with Crippen LogP contribution in [-0.2, 0) is 9.84 Å². The Morgan fingerprint density at radius 1 is 1.46 bits per heavy atom. The number of nitro benzene ring substituents is 1. The summed E-state index contributed by atoms with van der Waals surface area (Å²) in [5.74, 6) is -0.575. The fraction of sp³-hybridized carbons (Fsp3) is 0.533. The first-order valence-corrected chi connectivity index (χ1v) is 9.90. The quantitative estimate of drug-likeness (QED) is 0.563. The van der Waals surface area contributed by atoms with Crippen LogP contribution in [0.1, 0.15) is 36.5 Å². The molecule has 1 unspecified atom stereocenters. The van der Waals surface area contributed by atoms with Gasteiger partial charge in [0.2, 0.25) is 0 Å². The Balaban J connectivity index is 2.36. The van der Waals surface area contributed by atoms with E-state index < -0.39 is 26.7 Å². The summed E-state index contributed by atoms with van der Waals surface area (Å²) < 4.78 is 23.5. The highest BCUT2D eigenvalue weighted by Gasteiger charge is 2.36. The van der Waals surface area contributed by atoms with Gasteiger partial charge in [0.1, 0.15) is 5.56 Å². The zero-order valence-electron chi connectivity index (χ0n) is 13.3. The molecule has 2 rings (SSSR count). The largest absolute Gasteiger partial charge is 0.334 e. The van der Waals surface area contributed by atoms with Crippen molar-refractivity contribution in [3.63, 3.8) is 0 Å². The molecule has 0 bridgehead atoms. The molecule has 24 heavy (non-hydrogen) atoms. The number of nitro groups is 1. The van der Waals surface area contributed by atoms with Crippen molar-refractivity contribution >= 4 is 33.0 Å². The molecule has 1 aliphatic heterocycles. The molecule has 1 aromatic rings. The first-order valence-electron chi connectivity index (χ1n) is 7.70. The molecular formula is C15H19ClN2O5S. The Bertz CT molecular complexity index is 750. The molecule has 1 aromatic carbocycles. The van der Waals surface area contributed by atoms with Gasteiger partial charge in [-0.05, 0) is 25.0 Å². The average Bonchev–Trinajstić information content (AvgIpc) is 2.87. The zero-order chi connectivity index (χ0) is 17.9. The number of nitrogens with zero attached hydrogens (tertiary/aromatic N) is 2. The van der Waals surface area contributed by atoms with E-state index >= 15 is 0 Å². The number of sulfone groups is 1. The number of halogens is 1. The Hall–Kier alpha value is -1.67. The smallest absolute Gasteiger partial charge is 0.283 e. The fourth-order valence-corrected chi connectivity index (χ4v) is 4.69. The van der Waals surface area contributed by atoms with Crippen molar-refractivity contribution in [3.8, 4) is 0 Å². The van der Waals surface area contributed by atoms with Crippen LogP contribution < -0.4 is 0 Å². The molecule has 1 fully saturated rings. The molecule has 0 aliphatic carbocycles. The summed E-state index contributed by atoms with van der Waals surface area (Å²) in [6.07, 6.45) is 1.88. The van der Waals surface area contributed by atoms with Gasteiger partial charge in [0.05, 0.1) is 16.4 Å². The summed E-state index contributed by atoms with van der Waals surface area (Å²) in [5.41, 5.74) is -0.431. The SMILES string of the molecule is CCCCN(C(=O)c1ccc(Cl)cc1[N+](=O)[O-])C1CCS(=O)(=O)C1. The van der Waals surface area contributed by atoms with Crippen molar-refractivity contribution in [2.75, 3.05) is 18.1 Å². The van der Waals surface area contributed by atoms with E-state index in [1.54, 1.807) is 0 Å². The number of hydrogen-bond donors (Lipinski definition) is 0. The summed E-state index contributed by atoms with van der Waals surface area (Å²) in [5, 5.41) is 11.4. The van der Waals surface area contributed by atoms with E-state index in [9.17, 15) is 23.3 Å². The molecular weight excluding hydrogens is 356 g/mol. The van der Waals surface area contributed by atoms with Crippen LogP contribution in [0.15, 0.2) is 18.2 Å². The molecule has 0 saturated carbocycles. The molecule has 1 atom stereocenters. The number of unbranched alkanes of at least 4 members (excludes halogenated alkanes) is 1. The van der Waals surface area contributed by atoms with E-state index in [2.05, 4.69) is 0 Å². The highest BCUT2D eigenvalue weighted by Crippen LogP contribution is 2.27. The number of benzene rings is 1. The highest BCUT2D eigenvalue weighted by molar-refractivity contribution is 7.91. The van der Waals surface area contributed by atoms with Crippen LogP contribution in [0.4, 0.5) is 5.69 Å². The maximum atomic E-state index is 12.9. The molecule has 1 aliphatic rings. The van der Waals surface area contributed by atoms with Gasteiger partial charge < -0.3 is 4.90 Å². The Kier molecular flexibility index (Phi) is 5.82. The van der Waals surface area contributed by atoms with Gasteiger partial charge in [-0.3, -0.25) is 14.9 Å². The van der Waals surface area contributed by atoms with Crippen LogP contribution >= 0.6 is 11.6 Å². The third-order valence-electron chi connectivity index (χ3n) is 4.05. The van der Waals surface area contributed by atoms with Crippen molar-refractivity contribution in [1.29, 1.82) is 0 Å². The van der Waals surface area contributed by atoms with Gasteiger partial charge in [0, 0.05) is 23.7 Å². The first kappa shape index (κ1) is 18.7. The predicted molar refractivity (Wildman–Crippen MR) is 91.1 cm³/mol. The second-order valence-electron chi connectivity index (χ2n) is 5.83. The minimum atomic E-state index is -3.16. The van der Waals surface area contributed by atoms with Crippen molar-refractivity contribution in [2.45, 2.75) is 32.2 Å². The molecule has 0 aromatic heterocycles. The van der Waals surface area contributed by atoms with Crippen molar-refractivity contribution in [2.24, 2.45) is 0 Å². The van der Waals surface area contributed by atoms with Gasteiger partial charge in [0.15, 0.2) is 9.84 Å². The minimum absolute atomic E-state index is 0.0380. The lowest BCUT2D eigenvalue weighted by molar-refractivity contribution is -0.385. The molecule has 0 radical (unpaired) electrons. The van der Waals surface area contributed by atoms with Crippen LogP contribution in [0.2, 0.25) is 5.02 Å². The lowest BCUT2D eigenvalue weighted by Crippen LogP contribution is -2.42. The van der Waals surface area contributed by atoms with Crippen molar-refractivity contribution in [3.05, 3.63) is 38.9 Å². The molecule has 9 heteroatoms. The van der Waals surface area contributed by atoms with Crippen LogP contribution in [0.3, 0.4) is 0 Å². The lowest BCUT2D eigenvalue weighted by atomic mass is 10.1. The van der Waals surface area contributed by atoms with Gasteiger partial charge in [-0.1, -0.05) is 24.9 Å². The number of hydrogen-bond acceptors (Lipinski definition) is 5. The molecule has 0 N–H and O–H groups in total. The summed E-state index contributed by atoms with van der Waals surface area (Å²) in [6.45, 7) is 2.33. The summed E-state index contributed by atoms with van der Waals surface area (Å²) in [6, 6.07) is 3.44. The van der Waals surface area contributed by atoms with Crippen LogP contribution in [0, 0.1) is 10.1 Å². The van der Waals surface area contributed by atoms with Crippen molar-refractivity contribution in [1.82, 2.24) is 4.90 Å². The molecule has 7 nitrogen and oxygen atoms in total. The van der Waals surface area contributed by atoms with E-state index in [-0.39, 0.29) is 27.8 Å². The number of carbonyl (C=O) groups is 1. The van der Waals surface area contributed by atoms with Crippen LogP contribution in [0.5, 0.6) is 0 Å². The summed E-state index contributed by atoms with van der Waals surface area (Å²) in [7, 11) is -3.16. The molecule has 1 amide bonds. The molecule has 1 saturated heterocycles. The van der Waals surface area contributed by atoms with Gasteiger partial charge in [-0.25, -0.2) is 8.42 Å². The standard InChI is InChI=1S/C15H19ClN2O5S/c1-2-3-7-17(12-6-8-24(22,23)10-12)15(19)13-5-4-11(16)9-14(13)18(20)21/h4-5,9,12H,2-3,6-8,10H2,1H3. The summed E-state index contributed by atoms with van der Waals surface area (Å²) >= 11 is 5.78. The monoisotopic (exact) mass is 374 g/mol. The minimum Gasteiger partial charge on any atom is -0.334 e. The summed E-state index contributed by atoms with van der Waals surface area (Å²) in [4.78, 5) is 24.9. The average molecular weight is 375 g/mol. The molecule has 0 spiro atoms. The van der Waals surface area contributed by atoms with Crippen LogP contribution in [-0.4, -0.2) is 48.2 Å². The van der Waals surface area contributed by atoms with E-state index in [1.807, 2.05) is 6.92 Å². The Labute approximate surface area is 145 Å². The predicted octanol–water partition coefficient (Wildman–Crippen LogP) is 2.68. The fourth-order valence-electron chi connectivity index (χ4n) is 2.79. The third-order valence-corrected chi connectivity index (χ3v) is 6.03. The number of amides is 1. The maximum Gasteiger partial charge on any atom is 0.283 e. The topological polar surface area (TPSA) is 97.6 Å². The normalized spacial score (nSPS) is 19.2. The van der Waals surface area contributed by atoms with E-state index in [0.29, 0.717) is 19.4 Å². The Morgan fingerprint density at radius 3 is 2.71 bits per heavy atom. The van der Waals surface area contributed by atoms with Crippen molar-refractivity contribution < 1.29 is 18.1 Å². The molecule has 132 valence electrons.